The van der Waals surface area contributed by atoms with Crippen LogP contribution in [0.3, 0.4) is 0 Å². The Morgan fingerprint density at radius 3 is 1.70 bits per heavy atom. The fraction of sp³-hybridized carbons (Fsp3) is 0.214. The molecule has 0 fully saturated rings. The van der Waals surface area contributed by atoms with Crippen LogP contribution in [-0.2, 0) is 25.7 Å². The average Bonchev–Trinajstić information content (AvgIpc) is 2.79. The van der Waals surface area contributed by atoms with Crippen molar-refractivity contribution >= 4 is 11.6 Å². The van der Waals surface area contributed by atoms with Crippen molar-refractivity contribution in [1.29, 1.82) is 0 Å². The highest BCUT2D eigenvalue weighted by atomic mass is 35.5. The summed E-state index contributed by atoms with van der Waals surface area (Å²) >= 11 is 6.29. The predicted octanol–water partition coefficient (Wildman–Crippen LogP) is 8.17. The number of hydrogen-bond donors (Lipinski definition) is 0. The second kappa shape index (κ2) is 10.9. The fourth-order valence-electron chi connectivity index (χ4n) is 3.55. The molecule has 0 atom stereocenters. The van der Waals surface area contributed by atoms with Crippen LogP contribution in [-0.4, -0.2) is 0 Å². The lowest BCUT2D eigenvalue weighted by Gasteiger charge is -2.10. The molecule has 0 saturated carbocycles. The molecule has 0 unspecified atom stereocenters. The molecule has 0 saturated heterocycles. The largest absolute Gasteiger partial charge is 0.205 e. The Kier molecular flexibility index (Phi) is 8.04. The maximum absolute atomic E-state index is 14.5. The highest BCUT2D eigenvalue weighted by Gasteiger charge is 2.11. The van der Waals surface area contributed by atoms with Gasteiger partial charge in [-0.2, -0.15) is 0 Å². The van der Waals surface area contributed by atoms with Crippen LogP contribution in [0.25, 0.3) is 11.1 Å². The first-order valence-corrected chi connectivity index (χ1v) is 10.9. The molecule has 0 bridgehead atoms. The smallest absolute Gasteiger partial charge is 0.145 e. The van der Waals surface area contributed by atoms with Crippen LogP contribution < -0.4 is 0 Å². The molecular weight excluding hydrogens is 391 g/mol. The van der Waals surface area contributed by atoms with E-state index in [2.05, 4.69) is 61.7 Å². The van der Waals surface area contributed by atoms with Gasteiger partial charge in [-0.15, -0.1) is 13.2 Å². The van der Waals surface area contributed by atoms with E-state index in [1.807, 2.05) is 18.2 Å². The van der Waals surface area contributed by atoms with Crippen molar-refractivity contribution in [3.05, 3.63) is 119 Å². The van der Waals surface area contributed by atoms with E-state index in [-0.39, 0.29) is 10.8 Å². The van der Waals surface area contributed by atoms with Crippen LogP contribution in [0, 0.1) is 5.82 Å². The lowest BCUT2D eigenvalue weighted by Crippen LogP contribution is -1.98. The Hall–Kier alpha value is -2.64. The first-order valence-electron chi connectivity index (χ1n) is 10.5. The molecule has 0 aliphatic rings. The third-order valence-electron chi connectivity index (χ3n) is 5.42. The lowest BCUT2D eigenvalue weighted by atomic mass is 9.98. The third-order valence-corrected chi connectivity index (χ3v) is 5.83. The van der Waals surface area contributed by atoms with Gasteiger partial charge in [-0.1, -0.05) is 84.4 Å². The predicted molar refractivity (Wildman–Crippen MR) is 128 cm³/mol. The van der Waals surface area contributed by atoms with Gasteiger partial charge < -0.3 is 0 Å². The van der Waals surface area contributed by atoms with Gasteiger partial charge in [0, 0.05) is 0 Å². The quantitative estimate of drug-likeness (QED) is 0.291. The molecule has 3 aromatic rings. The average molecular weight is 419 g/mol. The minimum atomic E-state index is -0.289. The number of halogens is 2. The molecule has 0 amide bonds. The summed E-state index contributed by atoms with van der Waals surface area (Å²) in [5.41, 5.74) is 6.47. The molecule has 0 spiro atoms. The van der Waals surface area contributed by atoms with Gasteiger partial charge in [-0.05, 0) is 71.9 Å². The highest BCUT2D eigenvalue weighted by Crippen LogP contribution is 2.26. The molecule has 0 aromatic heterocycles. The van der Waals surface area contributed by atoms with Crippen molar-refractivity contribution in [3.8, 4) is 11.1 Å². The topological polar surface area (TPSA) is 0 Å². The molecule has 0 aliphatic heterocycles. The van der Waals surface area contributed by atoms with E-state index in [4.69, 9.17) is 11.6 Å². The number of aryl methyl sites for hydroxylation is 4. The Labute approximate surface area is 184 Å². The molecule has 154 valence electrons. The molecule has 0 N–H and O–H groups in total. The standard InChI is InChI=1S/C28H28ClF/c1-3-5-7-21-9-14-23(15-10-21)24-16-11-22(12-17-24)13-18-25-19-20-26(8-6-4-2)28(30)27(25)29/h3-4,9-12,14-17,19-20H,1-2,5-8,13,18H2. The highest BCUT2D eigenvalue weighted by molar-refractivity contribution is 6.31. The summed E-state index contributed by atoms with van der Waals surface area (Å²) in [6, 6.07) is 21.1. The summed E-state index contributed by atoms with van der Waals surface area (Å²) in [5.74, 6) is -0.289. The van der Waals surface area contributed by atoms with Crippen molar-refractivity contribution < 1.29 is 4.39 Å². The Balaban J connectivity index is 1.63. The SMILES string of the molecule is C=CCCc1ccc(-c2ccc(CCc3ccc(CCC=C)c(F)c3Cl)cc2)cc1. The summed E-state index contributed by atoms with van der Waals surface area (Å²) in [5, 5.41) is 0.254. The molecule has 0 radical (unpaired) electrons. The zero-order valence-corrected chi connectivity index (χ0v) is 18.1. The number of benzene rings is 3. The van der Waals surface area contributed by atoms with Crippen LogP contribution in [0.2, 0.25) is 5.02 Å². The van der Waals surface area contributed by atoms with Gasteiger partial charge in [-0.25, -0.2) is 4.39 Å². The van der Waals surface area contributed by atoms with Crippen LogP contribution in [0.1, 0.15) is 35.1 Å². The minimum absolute atomic E-state index is 0.254. The molecule has 0 nitrogen and oxygen atoms in total. The Bertz CT molecular complexity index is 984. The van der Waals surface area contributed by atoms with E-state index in [1.54, 1.807) is 6.08 Å². The van der Waals surface area contributed by atoms with Gasteiger partial charge in [0.05, 0.1) is 5.02 Å². The van der Waals surface area contributed by atoms with Crippen LogP contribution in [0.4, 0.5) is 4.39 Å². The minimum Gasteiger partial charge on any atom is -0.205 e. The third kappa shape index (κ3) is 5.70. The van der Waals surface area contributed by atoms with E-state index in [1.165, 1.54) is 22.3 Å². The monoisotopic (exact) mass is 418 g/mol. The maximum Gasteiger partial charge on any atom is 0.145 e. The van der Waals surface area contributed by atoms with Crippen molar-refractivity contribution in [1.82, 2.24) is 0 Å². The van der Waals surface area contributed by atoms with Crippen LogP contribution in [0.15, 0.2) is 86.0 Å². The fourth-order valence-corrected chi connectivity index (χ4v) is 3.83. The molecule has 0 aliphatic carbocycles. The number of rotatable bonds is 10. The summed E-state index contributed by atoms with van der Waals surface area (Å²) < 4.78 is 14.5. The van der Waals surface area contributed by atoms with E-state index in [0.717, 1.165) is 37.7 Å². The van der Waals surface area contributed by atoms with Gasteiger partial charge in [0.2, 0.25) is 0 Å². The molecule has 30 heavy (non-hydrogen) atoms. The van der Waals surface area contributed by atoms with E-state index in [9.17, 15) is 4.39 Å². The Morgan fingerprint density at radius 2 is 1.13 bits per heavy atom. The number of hydrogen-bond acceptors (Lipinski definition) is 0. The van der Waals surface area contributed by atoms with Gasteiger partial charge in [-0.3, -0.25) is 0 Å². The molecule has 3 rings (SSSR count). The van der Waals surface area contributed by atoms with Crippen molar-refractivity contribution in [3.63, 3.8) is 0 Å². The van der Waals surface area contributed by atoms with Crippen molar-refractivity contribution in [2.45, 2.75) is 38.5 Å². The summed E-state index contributed by atoms with van der Waals surface area (Å²) in [7, 11) is 0. The lowest BCUT2D eigenvalue weighted by molar-refractivity contribution is 0.607. The van der Waals surface area contributed by atoms with E-state index in [0.29, 0.717) is 12.0 Å². The zero-order chi connectivity index (χ0) is 21.3. The summed E-state index contributed by atoms with van der Waals surface area (Å²) in [6.45, 7) is 7.47. The van der Waals surface area contributed by atoms with Gasteiger partial charge >= 0.3 is 0 Å². The Morgan fingerprint density at radius 1 is 0.633 bits per heavy atom. The molecular formula is C28H28ClF. The van der Waals surface area contributed by atoms with E-state index >= 15 is 0 Å². The number of allylic oxidation sites excluding steroid dienone is 2. The van der Waals surface area contributed by atoms with Gasteiger partial charge in [0.1, 0.15) is 5.82 Å². The second-order valence-electron chi connectivity index (χ2n) is 7.56. The van der Waals surface area contributed by atoms with Crippen molar-refractivity contribution in [2.75, 3.05) is 0 Å². The summed E-state index contributed by atoms with van der Waals surface area (Å²) in [4.78, 5) is 0. The van der Waals surface area contributed by atoms with Crippen LogP contribution in [0.5, 0.6) is 0 Å². The summed E-state index contributed by atoms with van der Waals surface area (Å²) in [6.07, 6.45) is 8.69. The van der Waals surface area contributed by atoms with E-state index < -0.39 is 0 Å². The normalized spacial score (nSPS) is 10.7. The van der Waals surface area contributed by atoms with Crippen molar-refractivity contribution in [2.24, 2.45) is 0 Å². The molecule has 3 aromatic carbocycles. The first-order chi connectivity index (χ1) is 14.6. The van der Waals surface area contributed by atoms with Gasteiger partial charge in [0.15, 0.2) is 0 Å². The molecule has 0 heterocycles. The first kappa shape index (κ1) is 22.1. The second-order valence-corrected chi connectivity index (χ2v) is 7.94. The van der Waals surface area contributed by atoms with Crippen LogP contribution >= 0.6 is 11.6 Å². The van der Waals surface area contributed by atoms with Gasteiger partial charge in [0.25, 0.3) is 0 Å². The zero-order valence-electron chi connectivity index (χ0n) is 17.3. The maximum atomic E-state index is 14.5. The molecule has 2 heteroatoms.